The predicted octanol–water partition coefficient (Wildman–Crippen LogP) is 2.11. The van der Waals surface area contributed by atoms with E-state index < -0.39 is 0 Å². The molecule has 0 fully saturated rings. The van der Waals surface area contributed by atoms with Crippen LogP contribution in [0, 0.1) is 11.3 Å². The molecule has 0 saturated heterocycles. The number of aliphatic hydroxyl groups excluding tert-OH is 1. The van der Waals surface area contributed by atoms with E-state index in [0.717, 1.165) is 11.8 Å². The van der Waals surface area contributed by atoms with E-state index in [-0.39, 0.29) is 5.57 Å². The first-order valence-corrected chi connectivity index (χ1v) is 3.18. The van der Waals surface area contributed by atoms with Crippen molar-refractivity contribution in [3.63, 3.8) is 0 Å². The zero-order valence-electron chi connectivity index (χ0n) is 5.86. The van der Waals surface area contributed by atoms with E-state index in [2.05, 4.69) is 0 Å². The van der Waals surface area contributed by atoms with Gasteiger partial charge < -0.3 is 5.11 Å². The summed E-state index contributed by atoms with van der Waals surface area (Å²) in [5, 5.41) is 17.1. The highest BCUT2D eigenvalue weighted by molar-refractivity contribution is 5.75. The van der Waals surface area contributed by atoms with Gasteiger partial charge >= 0.3 is 0 Å². The van der Waals surface area contributed by atoms with Crippen LogP contribution in [-0.2, 0) is 0 Å². The summed E-state index contributed by atoms with van der Waals surface area (Å²) >= 11 is 0. The Hall–Kier alpha value is -1.75. The Balaban J connectivity index is 3.05. The lowest BCUT2D eigenvalue weighted by atomic mass is 10.1. The molecule has 1 aromatic rings. The quantitative estimate of drug-likeness (QED) is 0.485. The highest BCUT2D eigenvalue weighted by Gasteiger charge is 1.96. The van der Waals surface area contributed by atoms with Crippen molar-refractivity contribution >= 4 is 5.57 Å². The molecule has 0 aliphatic carbocycles. The molecule has 54 valence electrons. The number of nitrogens with zero attached hydrogens (tertiary/aromatic N) is 1. The molecule has 0 unspecified atom stereocenters. The summed E-state index contributed by atoms with van der Waals surface area (Å²) in [6.07, 6.45) is 0.815. The predicted molar refractivity (Wildman–Crippen MR) is 42.7 cm³/mol. The highest BCUT2D eigenvalue weighted by atomic mass is 16.2. The molecule has 2 nitrogen and oxygen atoms in total. The fourth-order valence-corrected chi connectivity index (χ4v) is 0.786. The Labute approximate surface area is 65.0 Å². The van der Waals surface area contributed by atoms with Gasteiger partial charge in [-0.1, -0.05) is 30.3 Å². The fourth-order valence-electron chi connectivity index (χ4n) is 0.786. The second kappa shape index (κ2) is 3.43. The van der Waals surface area contributed by atoms with Gasteiger partial charge in [0, 0.05) is 0 Å². The van der Waals surface area contributed by atoms with Gasteiger partial charge in [-0.3, -0.25) is 0 Å². The minimum atomic E-state index is 0.283. The first-order chi connectivity index (χ1) is 5.38. The molecule has 0 bridgehead atoms. The van der Waals surface area contributed by atoms with Gasteiger partial charge in [0.1, 0.15) is 6.07 Å². The van der Waals surface area contributed by atoms with Crippen LogP contribution in [0.2, 0.25) is 0 Å². The molecular formula is C9H7NO. The Bertz CT molecular complexity index is 295. The number of benzene rings is 1. The molecule has 0 amide bonds. The number of hydrogen-bond donors (Lipinski definition) is 1. The van der Waals surface area contributed by atoms with Crippen molar-refractivity contribution in [2.24, 2.45) is 0 Å². The van der Waals surface area contributed by atoms with Gasteiger partial charge in [-0.15, -0.1) is 0 Å². The molecule has 2 heteroatoms. The molecule has 0 heterocycles. The van der Waals surface area contributed by atoms with E-state index in [4.69, 9.17) is 10.4 Å². The van der Waals surface area contributed by atoms with Gasteiger partial charge in [0.25, 0.3) is 0 Å². The number of allylic oxidation sites excluding steroid dienone is 1. The minimum absolute atomic E-state index is 0.283. The summed E-state index contributed by atoms with van der Waals surface area (Å²) in [7, 11) is 0. The monoisotopic (exact) mass is 145 g/mol. The molecule has 0 aliphatic heterocycles. The maximum absolute atomic E-state index is 8.59. The van der Waals surface area contributed by atoms with Crippen molar-refractivity contribution < 1.29 is 5.11 Å². The van der Waals surface area contributed by atoms with Gasteiger partial charge in [-0.2, -0.15) is 5.26 Å². The van der Waals surface area contributed by atoms with Crippen LogP contribution < -0.4 is 0 Å². The maximum atomic E-state index is 8.59. The van der Waals surface area contributed by atoms with Gasteiger partial charge in [0.15, 0.2) is 0 Å². The Morgan fingerprint density at radius 1 is 1.36 bits per heavy atom. The number of aliphatic hydroxyl groups is 1. The summed E-state index contributed by atoms with van der Waals surface area (Å²) in [4.78, 5) is 0. The van der Waals surface area contributed by atoms with Crippen molar-refractivity contribution in [3.05, 3.63) is 42.2 Å². The molecule has 0 aromatic heterocycles. The molecule has 11 heavy (non-hydrogen) atoms. The molecule has 0 aliphatic rings. The van der Waals surface area contributed by atoms with E-state index in [1.54, 1.807) is 12.1 Å². The van der Waals surface area contributed by atoms with Crippen LogP contribution in [0.5, 0.6) is 0 Å². The first kappa shape index (κ1) is 7.36. The molecular weight excluding hydrogens is 138 g/mol. The second-order valence-electron chi connectivity index (χ2n) is 2.02. The Morgan fingerprint density at radius 2 is 2.00 bits per heavy atom. The lowest BCUT2D eigenvalue weighted by Gasteiger charge is -1.93. The molecule has 0 spiro atoms. The van der Waals surface area contributed by atoms with E-state index in [1.807, 2.05) is 24.3 Å². The standard InChI is InChI=1S/C9H7NO/c10-6-9(7-11)8-4-2-1-3-5-8/h1-5,7,11H. The summed E-state index contributed by atoms with van der Waals surface area (Å²) in [6.45, 7) is 0. The average molecular weight is 145 g/mol. The lowest BCUT2D eigenvalue weighted by molar-refractivity contribution is 0.476. The molecule has 1 aromatic carbocycles. The molecule has 0 saturated carbocycles. The zero-order chi connectivity index (χ0) is 8.10. The summed E-state index contributed by atoms with van der Waals surface area (Å²) in [5.74, 6) is 0. The topological polar surface area (TPSA) is 44.0 Å². The molecule has 0 atom stereocenters. The summed E-state index contributed by atoms with van der Waals surface area (Å²) < 4.78 is 0. The Morgan fingerprint density at radius 3 is 2.45 bits per heavy atom. The van der Waals surface area contributed by atoms with Crippen LogP contribution in [0.4, 0.5) is 0 Å². The van der Waals surface area contributed by atoms with Gasteiger partial charge in [-0.05, 0) is 5.56 Å². The number of hydrogen-bond acceptors (Lipinski definition) is 2. The average Bonchev–Trinajstić information content (AvgIpc) is 2.09. The van der Waals surface area contributed by atoms with Crippen molar-refractivity contribution in [3.8, 4) is 6.07 Å². The largest absolute Gasteiger partial charge is 0.514 e. The SMILES string of the molecule is N#CC(=CO)c1ccccc1. The van der Waals surface area contributed by atoms with E-state index in [1.165, 1.54) is 0 Å². The summed E-state index contributed by atoms with van der Waals surface area (Å²) in [5.41, 5.74) is 1.02. The van der Waals surface area contributed by atoms with Crippen molar-refractivity contribution in [1.29, 1.82) is 5.26 Å². The maximum Gasteiger partial charge on any atom is 0.103 e. The third-order valence-corrected chi connectivity index (χ3v) is 1.33. The van der Waals surface area contributed by atoms with Crippen molar-refractivity contribution in [2.45, 2.75) is 0 Å². The number of nitriles is 1. The first-order valence-electron chi connectivity index (χ1n) is 3.18. The lowest BCUT2D eigenvalue weighted by Crippen LogP contribution is -1.78. The number of rotatable bonds is 1. The minimum Gasteiger partial charge on any atom is -0.514 e. The third kappa shape index (κ3) is 1.59. The molecule has 1 N–H and O–H groups in total. The van der Waals surface area contributed by atoms with Gasteiger partial charge in [0.2, 0.25) is 0 Å². The van der Waals surface area contributed by atoms with Crippen LogP contribution in [0.25, 0.3) is 5.57 Å². The van der Waals surface area contributed by atoms with E-state index in [9.17, 15) is 0 Å². The van der Waals surface area contributed by atoms with Gasteiger partial charge in [-0.25, -0.2) is 0 Å². The van der Waals surface area contributed by atoms with Crippen LogP contribution in [0.15, 0.2) is 36.6 Å². The van der Waals surface area contributed by atoms with Crippen LogP contribution in [0.3, 0.4) is 0 Å². The normalized spacial score (nSPS) is 10.6. The summed E-state index contributed by atoms with van der Waals surface area (Å²) in [6, 6.07) is 10.9. The van der Waals surface area contributed by atoms with E-state index >= 15 is 0 Å². The van der Waals surface area contributed by atoms with E-state index in [0.29, 0.717) is 0 Å². The van der Waals surface area contributed by atoms with Crippen LogP contribution in [0.1, 0.15) is 5.56 Å². The second-order valence-corrected chi connectivity index (χ2v) is 2.02. The van der Waals surface area contributed by atoms with Gasteiger partial charge in [0.05, 0.1) is 11.8 Å². The fraction of sp³-hybridized carbons (Fsp3) is 0. The highest BCUT2D eigenvalue weighted by Crippen LogP contribution is 2.10. The molecule has 1 rings (SSSR count). The zero-order valence-corrected chi connectivity index (χ0v) is 5.86. The van der Waals surface area contributed by atoms with Crippen LogP contribution >= 0.6 is 0 Å². The van der Waals surface area contributed by atoms with Crippen molar-refractivity contribution in [1.82, 2.24) is 0 Å². The van der Waals surface area contributed by atoms with Crippen LogP contribution in [-0.4, -0.2) is 5.11 Å². The van der Waals surface area contributed by atoms with Crippen molar-refractivity contribution in [2.75, 3.05) is 0 Å². The smallest absolute Gasteiger partial charge is 0.103 e. The molecule has 0 radical (unpaired) electrons. The Kier molecular flexibility index (Phi) is 2.29. The third-order valence-electron chi connectivity index (χ3n) is 1.33.